The second-order valence-corrected chi connectivity index (χ2v) is 4.65. The Morgan fingerprint density at radius 3 is 2.41 bits per heavy atom. The predicted molar refractivity (Wildman–Crippen MR) is 74.9 cm³/mol. The molecule has 0 aromatic heterocycles. The van der Waals surface area contributed by atoms with Gasteiger partial charge in [0, 0.05) is 11.7 Å². The Kier molecular flexibility index (Phi) is 6.35. The number of nitrogens with two attached hydrogens (primary N) is 1. The molecule has 0 aliphatic rings. The highest BCUT2D eigenvalue weighted by Gasteiger charge is 2.14. The summed E-state index contributed by atoms with van der Waals surface area (Å²) in [5.41, 5.74) is 6.58. The summed E-state index contributed by atoms with van der Waals surface area (Å²) in [5, 5.41) is 3.27. The molecule has 96 valence electrons. The molecule has 3 nitrogen and oxygen atoms in total. The van der Waals surface area contributed by atoms with Crippen LogP contribution in [-0.2, 0) is 0 Å². The second kappa shape index (κ2) is 6.72. The van der Waals surface area contributed by atoms with Crippen molar-refractivity contribution in [3.63, 3.8) is 0 Å². The van der Waals surface area contributed by atoms with Gasteiger partial charge in [0.1, 0.15) is 0 Å². The highest BCUT2D eigenvalue weighted by molar-refractivity contribution is 6.34. The van der Waals surface area contributed by atoms with E-state index in [1.54, 1.807) is 18.2 Å². The minimum absolute atomic E-state index is 0. The average molecular weight is 277 g/mol. The van der Waals surface area contributed by atoms with Gasteiger partial charge in [-0.15, -0.1) is 12.4 Å². The van der Waals surface area contributed by atoms with Crippen molar-refractivity contribution in [1.29, 1.82) is 0 Å². The van der Waals surface area contributed by atoms with Crippen LogP contribution in [0.4, 0.5) is 5.69 Å². The van der Waals surface area contributed by atoms with Crippen LogP contribution in [0.15, 0.2) is 18.2 Å². The van der Waals surface area contributed by atoms with Gasteiger partial charge >= 0.3 is 0 Å². The Hall–Kier alpha value is -0.930. The van der Waals surface area contributed by atoms with Crippen LogP contribution in [0.5, 0.6) is 0 Å². The van der Waals surface area contributed by atoms with E-state index in [2.05, 4.69) is 19.2 Å². The molecular weight excluding hydrogens is 259 g/mol. The van der Waals surface area contributed by atoms with Crippen LogP contribution in [-0.4, -0.2) is 11.9 Å². The number of amides is 1. The van der Waals surface area contributed by atoms with Crippen LogP contribution >= 0.6 is 24.0 Å². The molecule has 1 atom stereocenters. The maximum absolute atomic E-state index is 11.9. The summed E-state index contributed by atoms with van der Waals surface area (Å²) < 4.78 is 0. The average Bonchev–Trinajstić information content (AvgIpc) is 2.16. The van der Waals surface area contributed by atoms with Crippen molar-refractivity contribution in [3.8, 4) is 0 Å². The third-order valence-electron chi connectivity index (χ3n) is 2.60. The van der Waals surface area contributed by atoms with Crippen molar-refractivity contribution in [1.82, 2.24) is 5.32 Å². The van der Waals surface area contributed by atoms with Gasteiger partial charge in [0.25, 0.3) is 5.91 Å². The van der Waals surface area contributed by atoms with Gasteiger partial charge in [-0.25, -0.2) is 0 Å². The highest BCUT2D eigenvalue weighted by atomic mass is 35.5. The molecule has 0 radical (unpaired) electrons. The zero-order chi connectivity index (χ0) is 12.3. The summed E-state index contributed by atoms with van der Waals surface area (Å²) in [4.78, 5) is 11.9. The first-order valence-electron chi connectivity index (χ1n) is 5.27. The first-order valence-corrected chi connectivity index (χ1v) is 5.65. The lowest BCUT2D eigenvalue weighted by Crippen LogP contribution is -2.36. The molecule has 1 rings (SSSR count). The number of carbonyl (C=O) groups is 1. The summed E-state index contributed by atoms with van der Waals surface area (Å²) in [6.07, 6.45) is 0. The molecule has 1 aromatic rings. The summed E-state index contributed by atoms with van der Waals surface area (Å²) >= 11 is 5.95. The number of benzene rings is 1. The first kappa shape index (κ1) is 16.1. The van der Waals surface area contributed by atoms with Crippen LogP contribution < -0.4 is 11.1 Å². The van der Waals surface area contributed by atoms with E-state index < -0.39 is 0 Å². The summed E-state index contributed by atoms with van der Waals surface area (Å²) in [6.45, 7) is 6.07. The maximum Gasteiger partial charge on any atom is 0.253 e. The van der Waals surface area contributed by atoms with Crippen molar-refractivity contribution >= 4 is 35.6 Å². The molecule has 0 saturated heterocycles. The lowest BCUT2D eigenvalue weighted by atomic mass is 10.1. The van der Waals surface area contributed by atoms with E-state index in [0.717, 1.165) is 0 Å². The van der Waals surface area contributed by atoms with Crippen LogP contribution in [0.3, 0.4) is 0 Å². The Morgan fingerprint density at radius 2 is 1.94 bits per heavy atom. The van der Waals surface area contributed by atoms with Crippen LogP contribution in [0.2, 0.25) is 5.02 Å². The number of rotatable bonds is 3. The van der Waals surface area contributed by atoms with E-state index >= 15 is 0 Å². The van der Waals surface area contributed by atoms with E-state index in [1.807, 2.05) is 6.92 Å². The van der Waals surface area contributed by atoms with Crippen LogP contribution in [0.1, 0.15) is 31.1 Å². The molecule has 0 bridgehead atoms. The number of hydrogen-bond acceptors (Lipinski definition) is 2. The van der Waals surface area contributed by atoms with Gasteiger partial charge in [-0.2, -0.15) is 0 Å². The molecule has 3 N–H and O–H groups in total. The maximum atomic E-state index is 11.9. The van der Waals surface area contributed by atoms with Crippen molar-refractivity contribution in [2.24, 2.45) is 5.92 Å². The van der Waals surface area contributed by atoms with Crippen LogP contribution in [0.25, 0.3) is 0 Å². The molecule has 0 spiro atoms. The fraction of sp³-hybridized carbons (Fsp3) is 0.417. The summed E-state index contributed by atoms with van der Waals surface area (Å²) in [7, 11) is 0. The smallest absolute Gasteiger partial charge is 0.253 e. The third-order valence-corrected chi connectivity index (χ3v) is 2.91. The molecule has 5 heteroatoms. The molecule has 1 unspecified atom stereocenters. The number of carbonyl (C=O) groups excluding carboxylic acids is 1. The minimum Gasteiger partial charge on any atom is -0.399 e. The van der Waals surface area contributed by atoms with E-state index in [-0.39, 0.29) is 24.4 Å². The van der Waals surface area contributed by atoms with Crippen molar-refractivity contribution < 1.29 is 4.79 Å². The number of hydrogen-bond donors (Lipinski definition) is 2. The molecular formula is C12H18Cl2N2O. The van der Waals surface area contributed by atoms with Crippen molar-refractivity contribution in [2.45, 2.75) is 26.8 Å². The van der Waals surface area contributed by atoms with Gasteiger partial charge < -0.3 is 11.1 Å². The lowest BCUT2D eigenvalue weighted by Gasteiger charge is -2.17. The number of anilines is 1. The molecule has 0 fully saturated rings. The standard InChI is InChI=1S/C12H17ClN2O.ClH/c1-7(2)8(3)15-12(16)10-5-4-9(14)6-11(10)13;/h4-8H,14H2,1-3H3,(H,15,16);1H. The molecule has 17 heavy (non-hydrogen) atoms. The number of nitrogen functional groups attached to an aromatic ring is 1. The largest absolute Gasteiger partial charge is 0.399 e. The highest BCUT2D eigenvalue weighted by Crippen LogP contribution is 2.19. The molecule has 0 saturated carbocycles. The van der Waals surface area contributed by atoms with Gasteiger partial charge in [0.15, 0.2) is 0 Å². The van der Waals surface area contributed by atoms with Crippen molar-refractivity contribution in [2.75, 3.05) is 5.73 Å². The molecule has 1 aromatic carbocycles. The molecule has 0 heterocycles. The van der Waals surface area contributed by atoms with Crippen molar-refractivity contribution in [3.05, 3.63) is 28.8 Å². The lowest BCUT2D eigenvalue weighted by molar-refractivity contribution is 0.0930. The quantitative estimate of drug-likeness (QED) is 0.834. The summed E-state index contributed by atoms with van der Waals surface area (Å²) in [6, 6.07) is 5.00. The van der Waals surface area contributed by atoms with Gasteiger partial charge in [-0.3, -0.25) is 4.79 Å². The Balaban J connectivity index is 0.00000256. The summed E-state index contributed by atoms with van der Waals surface area (Å²) in [5.74, 6) is 0.225. The second-order valence-electron chi connectivity index (χ2n) is 4.25. The normalized spacial score (nSPS) is 11.8. The fourth-order valence-electron chi connectivity index (χ4n) is 1.17. The predicted octanol–water partition coefficient (Wildman–Crippen LogP) is 3.12. The number of nitrogens with one attached hydrogen (secondary N) is 1. The minimum atomic E-state index is -0.161. The molecule has 1 amide bonds. The SMILES string of the molecule is CC(C)C(C)NC(=O)c1ccc(N)cc1Cl.Cl. The fourth-order valence-corrected chi connectivity index (χ4v) is 1.44. The van der Waals surface area contributed by atoms with Crippen LogP contribution in [0, 0.1) is 5.92 Å². The molecule has 0 aliphatic carbocycles. The van der Waals surface area contributed by atoms with Gasteiger partial charge in [-0.1, -0.05) is 25.4 Å². The Labute approximate surface area is 113 Å². The Bertz CT molecular complexity index is 394. The topological polar surface area (TPSA) is 55.1 Å². The molecule has 0 aliphatic heterocycles. The zero-order valence-corrected chi connectivity index (χ0v) is 11.7. The van der Waals surface area contributed by atoms with Gasteiger partial charge in [-0.05, 0) is 31.0 Å². The first-order chi connectivity index (χ1) is 7.41. The zero-order valence-electron chi connectivity index (χ0n) is 10.2. The monoisotopic (exact) mass is 276 g/mol. The van der Waals surface area contributed by atoms with E-state index in [0.29, 0.717) is 22.2 Å². The van der Waals surface area contributed by atoms with Gasteiger partial charge in [0.05, 0.1) is 10.6 Å². The van der Waals surface area contributed by atoms with E-state index in [9.17, 15) is 4.79 Å². The Morgan fingerprint density at radius 1 is 1.35 bits per heavy atom. The third kappa shape index (κ3) is 4.44. The van der Waals surface area contributed by atoms with E-state index in [1.165, 1.54) is 0 Å². The van der Waals surface area contributed by atoms with Gasteiger partial charge in [0.2, 0.25) is 0 Å². The number of halogens is 2. The van der Waals surface area contributed by atoms with E-state index in [4.69, 9.17) is 17.3 Å².